The molecule has 0 unspecified atom stereocenters. The predicted molar refractivity (Wildman–Crippen MR) is 64.3 cm³/mol. The van der Waals surface area contributed by atoms with Gasteiger partial charge >= 0.3 is 5.97 Å². The molecule has 0 saturated heterocycles. The van der Waals surface area contributed by atoms with Gasteiger partial charge in [-0.3, -0.25) is 4.79 Å². The van der Waals surface area contributed by atoms with Gasteiger partial charge in [-0.1, -0.05) is 0 Å². The van der Waals surface area contributed by atoms with Crippen molar-refractivity contribution in [1.29, 1.82) is 0 Å². The van der Waals surface area contributed by atoms with Crippen LogP contribution in [0.3, 0.4) is 0 Å². The normalized spacial score (nSPS) is 11.3. The van der Waals surface area contributed by atoms with Crippen LogP contribution >= 0.6 is 0 Å². The molecule has 94 valence electrons. The summed E-state index contributed by atoms with van der Waals surface area (Å²) in [5.74, 6) is 0.157. The van der Waals surface area contributed by atoms with Crippen LogP contribution in [0.5, 0.6) is 0 Å². The standard InChI is InChI=1S/C12H19N3O2/c1-12(2,3)17-11(16)6-10-14-7-9(4-5-13)8-15-10/h7-8H,4-6,13H2,1-3H3. The van der Waals surface area contributed by atoms with Crippen molar-refractivity contribution in [3.05, 3.63) is 23.8 Å². The number of hydrogen-bond donors (Lipinski definition) is 1. The molecule has 2 N–H and O–H groups in total. The van der Waals surface area contributed by atoms with E-state index in [1.165, 1.54) is 0 Å². The number of carbonyl (C=O) groups is 1. The van der Waals surface area contributed by atoms with Crippen LogP contribution in [0.4, 0.5) is 0 Å². The van der Waals surface area contributed by atoms with Gasteiger partial charge in [0.2, 0.25) is 0 Å². The topological polar surface area (TPSA) is 78.1 Å². The molecule has 1 aromatic heterocycles. The summed E-state index contributed by atoms with van der Waals surface area (Å²) in [6, 6.07) is 0. The van der Waals surface area contributed by atoms with E-state index in [4.69, 9.17) is 10.5 Å². The second-order valence-electron chi connectivity index (χ2n) is 4.81. The van der Waals surface area contributed by atoms with Gasteiger partial charge in [0.15, 0.2) is 0 Å². The van der Waals surface area contributed by atoms with Crippen LogP contribution in [0.15, 0.2) is 12.4 Å². The van der Waals surface area contributed by atoms with Crippen LogP contribution in [0.2, 0.25) is 0 Å². The Morgan fingerprint density at radius 1 is 1.35 bits per heavy atom. The molecule has 17 heavy (non-hydrogen) atoms. The van der Waals surface area contributed by atoms with E-state index in [-0.39, 0.29) is 12.4 Å². The van der Waals surface area contributed by atoms with Gasteiger partial charge < -0.3 is 10.5 Å². The summed E-state index contributed by atoms with van der Waals surface area (Å²) in [6.07, 6.45) is 4.23. The lowest BCUT2D eigenvalue weighted by Gasteiger charge is -2.19. The highest BCUT2D eigenvalue weighted by atomic mass is 16.6. The number of rotatable bonds is 4. The monoisotopic (exact) mass is 237 g/mol. The minimum atomic E-state index is -0.476. The lowest BCUT2D eigenvalue weighted by atomic mass is 10.2. The molecule has 0 aliphatic heterocycles. The molecule has 0 atom stereocenters. The van der Waals surface area contributed by atoms with Crippen LogP contribution in [0.25, 0.3) is 0 Å². The Morgan fingerprint density at radius 2 is 1.94 bits per heavy atom. The molecule has 1 rings (SSSR count). The predicted octanol–water partition coefficient (Wildman–Crippen LogP) is 0.862. The first-order chi connectivity index (χ1) is 7.90. The van der Waals surface area contributed by atoms with Crippen molar-refractivity contribution >= 4 is 5.97 Å². The van der Waals surface area contributed by atoms with Crippen molar-refractivity contribution in [2.24, 2.45) is 5.73 Å². The number of nitrogens with two attached hydrogens (primary N) is 1. The minimum absolute atomic E-state index is 0.0974. The molecule has 0 bridgehead atoms. The van der Waals surface area contributed by atoms with Gasteiger partial charge in [0.05, 0.1) is 0 Å². The fourth-order valence-corrected chi connectivity index (χ4v) is 1.28. The van der Waals surface area contributed by atoms with E-state index in [0.717, 1.165) is 12.0 Å². The number of esters is 1. The Labute approximate surface area is 101 Å². The van der Waals surface area contributed by atoms with Gasteiger partial charge in [0.25, 0.3) is 0 Å². The number of aromatic nitrogens is 2. The quantitative estimate of drug-likeness (QED) is 0.786. The Morgan fingerprint density at radius 3 is 2.41 bits per heavy atom. The largest absolute Gasteiger partial charge is 0.460 e. The zero-order chi connectivity index (χ0) is 12.9. The summed E-state index contributed by atoms with van der Waals surface area (Å²) in [5, 5.41) is 0. The molecule has 5 nitrogen and oxygen atoms in total. The van der Waals surface area contributed by atoms with E-state index in [2.05, 4.69) is 9.97 Å². The number of hydrogen-bond acceptors (Lipinski definition) is 5. The molecule has 0 aliphatic carbocycles. The summed E-state index contributed by atoms with van der Waals surface area (Å²) in [6.45, 7) is 6.05. The smallest absolute Gasteiger partial charge is 0.314 e. The molecule has 0 aromatic carbocycles. The van der Waals surface area contributed by atoms with Crippen molar-refractivity contribution in [3.8, 4) is 0 Å². The maximum absolute atomic E-state index is 11.5. The van der Waals surface area contributed by atoms with Gasteiger partial charge in [0.1, 0.15) is 17.8 Å². The van der Waals surface area contributed by atoms with Crippen molar-refractivity contribution in [2.45, 2.75) is 39.2 Å². The SMILES string of the molecule is CC(C)(C)OC(=O)Cc1ncc(CCN)cn1. The van der Waals surface area contributed by atoms with Crippen molar-refractivity contribution < 1.29 is 9.53 Å². The maximum Gasteiger partial charge on any atom is 0.314 e. The second kappa shape index (κ2) is 5.72. The fourth-order valence-electron chi connectivity index (χ4n) is 1.28. The molecule has 1 aromatic rings. The Balaban J connectivity index is 2.54. The third kappa shape index (κ3) is 5.40. The van der Waals surface area contributed by atoms with Crippen molar-refractivity contribution in [1.82, 2.24) is 9.97 Å². The third-order valence-corrected chi connectivity index (χ3v) is 1.91. The van der Waals surface area contributed by atoms with Crippen LogP contribution in [0, 0.1) is 0 Å². The summed E-state index contributed by atoms with van der Waals surface area (Å²) in [5.41, 5.74) is 5.92. The molecule has 0 spiro atoms. The zero-order valence-corrected chi connectivity index (χ0v) is 10.6. The van der Waals surface area contributed by atoms with Crippen LogP contribution in [-0.4, -0.2) is 28.1 Å². The van der Waals surface area contributed by atoms with Crippen molar-refractivity contribution in [3.63, 3.8) is 0 Å². The third-order valence-electron chi connectivity index (χ3n) is 1.91. The Bertz CT molecular complexity index is 368. The van der Waals surface area contributed by atoms with Gasteiger partial charge in [-0.15, -0.1) is 0 Å². The van der Waals surface area contributed by atoms with E-state index in [1.54, 1.807) is 12.4 Å². The van der Waals surface area contributed by atoms with E-state index in [1.807, 2.05) is 20.8 Å². The first-order valence-electron chi connectivity index (χ1n) is 5.62. The zero-order valence-electron chi connectivity index (χ0n) is 10.6. The van der Waals surface area contributed by atoms with Crippen molar-refractivity contribution in [2.75, 3.05) is 6.54 Å². The number of nitrogens with zero attached hydrogens (tertiary/aromatic N) is 2. The fraction of sp³-hybridized carbons (Fsp3) is 0.583. The summed E-state index contributed by atoms with van der Waals surface area (Å²) in [7, 11) is 0. The van der Waals surface area contributed by atoms with Gasteiger partial charge in [-0.25, -0.2) is 9.97 Å². The molecule has 0 saturated carbocycles. The molecular formula is C12H19N3O2. The molecule has 0 aliphatic rings. The highest BCUT2D eigenvalue weighted by Gasteiger charge is 2.17. The second-order valence-corrected chi connectivity index (χ2v) is 4.81. The number of ether oxygens (including phenoxy) is 1. The number of carbonyl (C=O) groups excluding carboxylic acids is 1. The summed E-state index contributed by atoms with van der Waals surface area (Å²) >= 11 is 0. The Hall–Kier alpha value is -1.49. The maximum atomic E-state index is 11.5. The van der Waals surface area contributed by atoms with Crippen LogP contribution in [0.1, 0.15) is 32.2 Å². The van der Waals surface area contributed by atoms with E-state index in [9.17, 15) is 4.79 Å². The van der Waals surface area contributed by atoms with E-state index < -0.39 is 5.60 Å². The molecule has 0 amide bonds. The molecule has 0 fully saturated rings. The van der Waals surface area contributed by atoms with Crippen LogP contribution < -0.4 is 5.73 Å². The summed E-state index contributed by atoms with van der Waals surface area (Å²) in [4.78, 5) is 19.7. The average Bonchev–Trinajstić information content (AvgIpc) is 2.18. The lowest BCUT2D eigenvalue weighted by molar-refractivity contribution is -0.154. The highest BCUT2D eigenvalue weighted by Crippen LogP contribution is 2.08. The minimum Gasteiger partial charge on any atom is -0.460 e. The van der Waals surface area contributed by atoms with Gasteiger partial charge in [0, 0.05) is 12.4 Å². The first kappa shape index (κ1) is 13.6. The van der Waals surface area contributed by atoms with E-state index >= 15 is 0 Å². The average molecular weight is 237 g/mol. The van der Waals surface area contributed by atoms with Gasteiger partial charge in [-0.2, -0.15) is 0 Å². The lowest BCUT2D eigenvalue weighted by Crippen LogP contribution is -2.25. The highest BCUT2D eigenvalue weighted by molar-refractivity contribution is 5.71. The molecule has 5 heteroatoms. The molecule has 1 heterocycles. The first-order valence-corrected chi connectivity index (χ1v) is 5.62. The van der Waals surface area contributed by atoms with Crippen LogP contribution in [-0.2, 0) is 22.4 Å². The Kier molecular flexibility index (Phi) is 4.57. The van der Waals surface area contributed by atoms with Gasteiger partial charge in [-0.05, 0) is 39.3 Å². The summed E-state index contributed by atoms with van der Waals surface area (Å²) < 4.78 is 5.18. The van der Waals surface area contributed by atoms with E-state index in [0.29, 0.717) is 12.4 Å². The molecule has 0 radical (unpaired) electrons. The molecular weight excluding hydrogens is 218 g/mol.